The molecule has 1 aromatic heterocycles. The molecule has 1 amide bonds. The summed E-state index contributed by atoms with van der Waals surface area (Å²) in [6.45, 7) is 4.56. The zero-order valence-electron chi connectivity index (χ0n) is 17.6. The Morgan fingerprint density at radius 2 is 1.91 bits per heavy atom. The van der Waals surface area contributed by atoms with Gasteiger partial charge in [0.15, 0.2) is 5.76 Å². The van der Waals surface area contributed by atoms with E-state index in [1.54, 1.807) is 43.3 Å². The fourth-order valence-corrected chi connectivity index (χ4v) is 3.69. The van der Waals surface area contributed by atoms with Crippen LogP contribution < -0.4 is 10.2 Å². The maximum Gasteiger partial charge on any atom is 0.338 e. The highest BCUT2D eigenvalue weighted by molar-refractivity contribution is 6.30. The van der Waals surface area contributed by atoms with Crippen molar-refractivity contribution in [2.75, 3.05) is 43.1 Å². The molecule has 0 spiro atoms. The number of hydrogen-bond acceptors (Lipinski definition) is 6. The summed E-state index contributed by atoms with van der Waals surface area (Å²) in [5.41, 5.74) is 2.44. The summed E-state index contributed by atoms with van der Waals surface area (Å²) >= 11 is 6.05. The highest BCUT2D eigenvalue weighted by atomic mass is 35.5. The number of halogens is 1. The quantitative estimate of drug-likeness (QED) is 0.535. The number of benzene rings is 2. The van der Waals surface area contributed by atoms with E-state index in [0.717, 1.165) is 11.3 Å². The van der Waals surface area contributed by atoms with Crippen LogP contribution in [0.15, 0.2) is 59.0 Å². The molecule has 0 bridgehead atoms. The molecule has 1 N–H and O–H groups in total. The number of morpholine rings is 1. The molecule has 0 radical (unpaired) electrons. The van der Waals surface area contributed by atoms with Crippen molar-refractivity contribution in [2.45, 2.75) is 6.92 Å². The van der Waals surface area contributed by atoms with Crippen LogP contribution in [-0.4, -0.2) is 44.8 Å². The number of carbonyl (C=O) groups is 2. The largest absolute Gasteiger partial charge is 0.462 e. The molecule has 2 aromatic carbocycles. The van der Waals surface area contributed by atoms with Crippen molar-refractivity contribution < 1.29 is 23.5 Å². The van der Waals surface area contributed by atoms with Crippen LogP contribution in [0, 0.1) is 0 Å². The van der Waals surface area contributed by atoms with Gasteiger partial charge in [0.1, 0.15) is 5.76 Å². The van der Waals surface area contributed by atoms with Crippen molar-refractivity contribution in [1.82, 2.24) is 0 Å². The van der Waals surface area contributed by atoms with Crippen molar-refractivity contribution in [3.8, 4) is 11.3 Å². The lowest BCUT2D eigenvalue weighted by Gasteiger charge is -2.30. The van der Waals surface area contributed by atoms with Crippen LogP contribution in [-0.2, 0) is 9.47 Å². The molecule has 1 aliphatic heterocycles. The molecule has 2 heterocycles. The standard InChI is InChI=1S/C24H23ClN2O5/c1-2-31-24(29)17-6-7-20(27-10-12-30-13-11-27)19(15-17)26-23(28)22-9-8-21(32-22)16-4-3-5-18(25)14-16/h3-9,14-15H,2,10-13H2,1H3,(H,26,28). The second-order valence-corrected chi connectivity index (χ2v) is 7.62. The van der Waals surface area contributed by atoms with E-state index in [4.69, 9.17) is 25.5 Å². The van der Waals surface area contributed by atoms with E-state index in [1.165, 1.54) is 0 Å². The Hall–Kier alpha value is -3.29. The van der Waals surface area contributed by atoms with Crippen molar-refractivity contribution in [3.05, 3.63) is 70.9 Å². The smallest absolute Gasteiger partial charge is 0.338 e. The monoisotopic (exact) mass is 454 g/mol. The Bertz CT molecular complexity index is 1120. The summed E-state index contributed by atoms with van der Waals surface area (Å²) in [7, 11) is 0. The molecule has 1 aliphatic rings. The number of furan rings is 1. The number of nitrogens with zero attached hydrogens (tertiary/aromatic N) is 1. The third kappa shape index (κ3) is 4.95. The van der Waals surface area contributed by atoms with Gasteiger partial charge in [-0.1, -0.05) is 23.7 Å². The van der Waals surface area contributed by atoms with Crippen molar-refractivity contribution in [1.29, 1.82) is 0 Å². The first kappa shape index (κ1) is 21.9. The molecule has 0 unspecified atom stereocenters. The summed E-state index contributed by atoms with van der Waals surface area (Å²) in [4.78, 5) is 27.3. The maximum absolute atomic E-state index is 13.0. The second kappa shape index (κ2) is 9.89. The Morgan fingerprint density at radius 1 is 1.09 bits per heavy atom. The molecule has 7 nitrogen and oxygen atoms in total. The number of nitrogens with one attached hydrogen (secondary N) is 1. The van der Waals surface area contributed by atoms with Crippen LogP contribution in [0.5, 0.6) is 0 Å². The van der Waals surface area contributed by atoms with Gasteiger partial charge in [-0.2, -0.15) is 0 Å². The number of amides is 1. The Labute approximate surface area is 190 Å². The molecule has 3 aromatic rings. The SMILES string of the molecule is CCOC(=O)c1ccc(N2CCOCC2)c(NC(=O)c2ccc(-c3cccc(Cl)c3)o2)c1. The average molecular weight is 455 g/mol. The minimum Gasteiger partial charge on any atom is -0.462 e. The number of carbonyl (C=O) groups excluding carboxylic acids is 2. The molecule has 0 saturated carbocycles. The lowest BCUT2D eigenvalue weighted by Crippen LogP contribution is -2.36. The molecular weight excluding hydrogens is 432 g/mol. The highest BCUT2D eigenvalue weighted by Crippen LogP contribution is 2.30. The van der Waals surface area contributed by atoms with E-state index < -0.39 is 11.9 Å². The summed E-state index contributed by atoms with van der Waals surface area (Å²) in [6, 6.07) is 15.7. The van der Waals surface area contributed by atoms with Gasteiger partial charge in [-0.15, -0.1) is 0 Å². The zero-order valence-corrected chi connectivity index (χ0v) is 18.4. The van der Waals surface area contributed by atoms with Crippen LogP contribution in [0.25, 0.3) is 11.3 Å². The Morgan fingerprint density at radius 3 is 2.66 bits per heavy atom. The van der Waals surface area contributed by atoms with Gasteiger partial charge in [0.25, 0.3) is 5.91 Å². The third-order valence-electron chi connectivity index (χ3n) is 5.05. The van der Waals surface area contributed by atoms with Gasteiger partial charge in [0.05, 0.1) is 36.8 Å². The van der Waals surface area contributed by atoms with Gasteiger partial charge in [-0.25, -0.2) is 4.79 Å². The van der Waals surface area contributed by atoms with E-state index in [9.17, 15) is 9.59 Å². The van der Waals surface area contributed by atoms with Crippen molar-refractivity contribution in [3.63, 3.8) is 0 Å². The molecule has 4 rings (SSSR count). The van der Waals surface area contributed by atoms with Gasteiger partial charge in [-0.3, -0.25) is 4.79 Å². The van der Waals surface area contributed by atoms with Crippen LogP contribution in [0.2, 0.25) is 5.02 Å². The molecule has 166 valence electrons. The molecule has 8 heteroatoms. The first-order chi connectivity index (χ1) is 15.5. The molecular formula is C24H23ClN2O5. The van der Waals surface area contributed by atoms with E-state index in [2.05, 4.69) is 10.2 Å². The minimum absolute atomic E-state index is 0.148. The molecule has 1 saturated heterocycles. The van der Waals surface area contributed by atoms with Gasteiger partial charge >= 0.3 is 5.97 Å². The number of rotatable bonds is 6. The number of hydrogen-bond donors (Lipinski definition) is 1. The van der Waals surface area contributed by atoms with E-state index in [-0.39, 0.29) is 12.4 Å². The van der Waals surface area contributed by atoms with Crippen LogP contribution in [0.3, 0.4) is 0 Å². The van der Waals surface area contributed by atoms with Gasteiger partial charge < -0.3 is 24.1 Å². The first-order valence-electron chi connectivity index (χ1n) is 10.4. The molecule has 0 aliphatic carbocycles. The second-order valence-electron chi connectivity index (χ2n) is 7.18. The van der Waals surface area contributed by atoms with Crippen molar-refractivity contribution >= 4 is 34.9 Å². The maximum atomic E-state index is 13.0. The lowest BCUT2D eigenvalue weighted by atomic mass is 10.1. The van der Waals surface area contributed by atoms with E-state index in [1.807, 2.05) is 18.2 Å². The average Bonchev–Trinajstić information content (AvgIpc) is 3.30. The van der Waals surface area contributed by atoms with Crippen LogP contribution >= 0.6 is 11.6 Å². The van der Waals surface area contributed by atoms with Crippen LogP contribution in [0.4, 0.5) is 11.4 Å². The summed E-state index contributed by atoms with van der Waals surface area (Å²) < 4.78 is 16.3. The lowest BCUT2D eigenvalue weighted by molar-refractivity contribution is 0.0526. The number of esters is 1. The van der Waals surface area contributed by atoms with Gasteiger partial charge in [0.2, 0.25) is 0 Å². The molecule has 0 atom stereocenters. The van der Waals surface area contributed by atoms with Crippen LogP contribution in [0.1, 0.15) is 27.8 Å². The minimum atomic E-state index is -0.447. The fourth-order valence-electron chi connectivity index (χ4n) is 3.50. The first-order valence-corrected chi connectivity index (χ1v) is 10.7. The normalized spacial score (nSPS) is 13.6. The highest BCUT2D eigenvalue weighted by Gasteiger charge is 2.20. The summed E-state index contributed by atoms with van der Waals surface area (Å²) in [5.74, 6) is -0.188. The van der Waals surface area contributed by atoms with E-state index >= 15 is 0 Å². The topological polar surface area (TPSA) is 81.0 Å². The zero-order chi connectivity index (χ0) is 22.5. The van der Waals surface area contributed by atoms with Crippen molar-refractivity contribution in [2.24, 2.45) is 0 Å². The predicted molar refractivity (Wildman–Crippen MR) is 123 cm³/mol. The van der Waals surface area contributed by atoms with Gasteiger partial charge in [-0.05, 0) is 49.4 Å². The fraction of sp³-hybridized carbons (Fsp3) is 0.250. The summed E-state index contributed by atoms with van der Waals surface area (Å²) in [6.07, 6.45) is 0. The van der Waals surface area contributed by atoms with E-state index in [0.29, 0.717) is 48.3 Å². The molecule has 1 fully saturated rings. The predicted octanol–water partition coefficient (Wildman–Crippen LogP) is 4.87. The Balaban J connectivity index is 1.60. The van der Waals surface area contributed by atoms with Gasteiger partial charge in [0, 0.05) is 23.7 Å². The third-order valence-corrected chi connectivity index (χ3v) is 5.28. The molecule has 32 heavy (non-hydrogen) atoms. The Kier molecular flexibility index (Phi) is 6.78. The number of anilines is 2. The number of ether oxygens (including phenoxy) is 2. The summed E-state index contributed by atoms with van der Waals surface area (Å²) in [5, 5.41) is 3.47.